The molecule has 100 valence electrons. The van der Waals surface area contributed by atoms with E-state index in [1.54, 1.807) is 0 Å². The quantitative estimate of drug-likeness (QED) is 0.828. The van der Waals surface area contributed by atoms with Crippen LogP contribution in [0, 0.1) is 6.92 Å². The Morgan fingerprint density at radius 1 is 1.33 bits per heavy atom. The molecule has 1 saturated carbocycles. The number of hydrogen-bond donors (Lipinski definition) is 1. The molecule has 0 spiro atoms. The predicted octanol–water partition coefficient (Wildman–Crippen LogP) is 3.68. The molecule has 0 radical (unpaired) electrons. The largest absolute Gasteiger partial charge is 0.489 e. The van der Waals surface area contributed by atoms with Crippen LogP contribution in [0.4, 0.5) is 0 Å². The highest BCUT2D eigenvalue weighted by Crippen LogP contribution is 2.19. The summed E-state index contributed by atoms with van der Waals surface area (Å²) in [5.74, 6) is 0.995. The topological polar surface area (TPSA) is 21.3 Å². The lowest BCUT2D eigenvalue weighted by atomic mass is 10.2. The van der Waals surface area contributed by atoms with E-state index in [9.17, 15) is 0 Å². The fraction of sp³-hybridized carbons (Fsp3) is 0.625. The molecule has 0 heterocycles. The van der Waals surface area contributed by atoms with E-state index in [2.05, 4.69) is 37.4 Å². The minimum absolute atomic E-state index is 0.285. The lowest BCUT2D eigenvalue weighted by Crippen LogP contribution is -2.36. The molecule has 2 heteroatoms. The van der Waals surface area contributed by atoms with Gasteiger partial charge in [-0.25, -0.2) is 0 Å². The molecule has 1 aromatic rings. The molecule has 2 nitrogen and oxygen atoms in total. The number of ether oxygens (including phenoxy) is 1. The molecule has 0 aromatic heterocycles. The van der Waals surface area contributed by atoms with E-state index in [-0.39, 0.29) is 6.10 Å². The lowest BCUT2D eigenvalue weighted by molar-refractivity contribution is 0.188. The zero-order chi connectivity index (χ0) is 12.8. The summed E-state index contributed by atoms with van der Waals surface area (Å²) in [6, 6.07) is 9.04. The number of hydrogen-bond acceptors (Lipinski definition) is 2. The Morgan fingerprint density at radius 3 is 2.78 bits per heavy atom. The van der Waals surface area contributed by atoms with Crippen LogP contribution < -0.4 is 10.1 Å². The maximum absolute atomic E-state index is 6.04. The zero-order valence-corrected chi connectivity index (χ0v) is 11.6. The van der Waals surface area contributed by atoms with Crippen molar-refractivity contribution in [3.8, 4) is 5.75 Å². The molecule has 1 aliphatic carbocycles. The fourth-order valence-electron chi connectivity index (χ4n) is 2.58. The Bertz CT molecular complexity index is 358. The molecule has 0 saturated heterocycles. The third-order valence-corrected chi connectivity index (χ3v) is 3.74. The smallest absolute Gasteiger partial charge is 0.120 e. The Labute approximate surface area is 111 Å². The minimum Gasteiger partial charge on any atom is -0.489 e. The zero-order valence-electron chi connectivity index (χ0n) is 11.6. The van der Waals surface area contributed by atoms with Gasteiger partial charge in [-0.3, -0.25) is 0 Å². The first-order valence-electron chi connectivity index (χ1n) is 7.24. The van der Waals surface area contributed by atoms with Crippen molar-refractivity contribution in [1.82, 2.24) is 5.32 Å². The van der Waals surface area contributed by atoms with Crippen LogP contribution in [0.3, 0.4) is 0 Å². The van der Waals surface area contributed by atoms with Crippen molar-refractivity contribution < 1.29 is 4.74 Å². The van der Waals surface area contributed by atoms with Crippen molar-refractivity contribution >= 4 is 0 Å². The first kappa shape index (κ1) is 13.4. The lowest BCUT2D eigenvalue weighted by Gasteiger charge is -2.21. The maximum atomic E-state index is 6.04. The normalized spacial score (nSPS) is 17.9. The van der Waals surface area contributed by atoms with E-state index >= 15 is 0 Å². The molecular weight excluding hydrogens is 222 g/mol. The molecule has 1 atom stereocenters. The number of rotatable bonds is 6. The third-order valence-electron chi connectivity index (χ3n) is 3.74. The van der Waals surface area contributed by atoms with E-state index in [1.165, 1.54) is 31.2 Å². The second-order valence-corrected chi connectivity index (χ2v) is 5.35. The molecular formula is C16H25NO. The minimum atomic E-state index is 0.285. The van der Waals surface area contributed by atoms with E-state index in [1.807, 2.05) is 6.07 Å². The summed E-state index contributed by atoms with van der Waals surface area (Å²) >= 11 is 0. The SMILES string of the molecule is CC[C@@H](CNC1CCCC1)Oc1cccc(C)c1. The molecule has 18 heavy (non-hydrogen) atoms. The second kappa shape index (κ2) is 6.79. The average Bonchev–Trinajstić information content (AvgIpc) is 2.87. The fourth-order valence-corrected chi connectivity index (χ4v) is 2.58. The Hall–Kier alpha value is -1.02. The molecule has 1 aliphatic rings. The van der Waals surface area contributed by atoms with Crippen molar-refractivity contribution in [1.29, 1.82) is 0 Å². The summed E-state index contributed by atoms with van der Waals surface area (Å²) < 4.78 is 6.04. The third kappa shape index (κ3) is 4.02. The summed E-state index contributed by atoms with van der Waals surface area (Å²) in [5, 5.41) is 3.64. The molecule has 1 N–H and O–H groups in total. The standard InChI is InChI=1S/C16H25NO/c1-3-15(12-17-14-8-4-5-9-14)18-16-10-6-7-13(2)11-16/h6-7,10-11,14-15,17H,3-5,8-9,12H2,1-2H3/t15-/m0/s1. The molecule has 2 rings (SSSR count). The van der Waals surface area contributed by atoms with Crippen LogP contribution in [0.25, 0.3) is 0 Å². The van der Waals surface area contributed by atoms with Gasteiger partial charge in [0.05, 0.1) is 0 Å². The van der Waals surface area contributed by atoms with Crippen molar-refractivity contribution in [2.24, 2.45) is 0 Å². The summed E-state index contributed by atoms with van der Waals surface area (Å²) in [6.45, 7) is 5.26. The molecule has 0 unspecified atom stereocenters. The van der Waals surface area contributed by atoms with Crippen LogP contribution in [-0.2, 0) is 0 Å². The van der Waals surface area contributed by atoms with Gasteiger partial charge in [0.1, 0.15) is 11.9 Å². The van der Waals surface area contributed by atoms with Gasteiger partial charge in [0, 0.05) is 12.6 Å². The maximum Gasteiger partial charge on any atom is 0.120 e. The van der Waals surface area contributed by atoms with E-state index in [0.29, 0.717) is 0 Å². The molecule has 0 amide bonds. The molecule has 0 aliphatic heterocycles. The molecule has 1 aromatic carbocycles. The van der Waals surface area contributed by atoms with Crippen molar-refractivity contribution in [3.05, 3.63) is 29.8 Å². The van der Waals surface area contributed by atoms with Gasteiger partial charge in [-0.05, 0) is 43.9 Å². The number of nitrogens with one attached hydrogen (secondary N) is 1. The van der Waals surface area contributed by atoms with Gasteiger partial charge in [0.15, 0.2) is 0 Å². The highest BCUT2D eigenvalue weighted by atomic mass is 16.5. The van der Waals surface area contributed by atoms with Crippen molar-refractivity contribution in [2.75, 3.05) is 6.54 Å². The highest BCUT2D eigenvalue weighted by Gasteiger charge is 2.16. The predicted molar refractivity (Wildman–Crippen MR) is 76.1 cm³/mol. The highest BCUT2D eigenvalue weighted by molar-refractivity contribution is 5.27. The van der Waals surface area contributed by atoms with Gasteiger partial charge in [-0.1, -0.05) is 31.9 Å². The summed E-state index contributed by atoms with van der Waals surface area (Å²) in [7, 11) is 0. The van der Waals surface area contributed by atoms with Gasteiger partial charge < -0.3 is 10.1 Å². The molecule has 1 fully saturated rings. The summed E-state index contributed by atoms with van der Waals surface area (Å²) in [5.41, 5.74) is 1.26. The molecule has 0 bridgehead atoms. The number of aryl methyl sites for hydroxylation is 1. The first-order chi connectivity index (χ1) is 8.78. The van der Waals surface area contributed by atoms with Crippen LogP contribution in [-0.4, -0.2) is 18.7 Å². The summed E-state index contributed by atoms with van der Waals surface area (Å²) in [6.07, 6.45) is 6.77. The van der Waals surface area contributed by atoms with Gasteiger partial charge in [0.2, 0.25) is 0 Å². The van der Waals surface area contributed by atoms with Crippen LogP contribution in [0.5, 0.6) is 5.75 Å². The Balaban J connectivity index is 1.81. The van der Waals surface area contributed by atoms with Crippen LogP contribution in [0.2, 0.25) is 0 Å². The van der Waals surface area contributed by atoms with Crippen LogP contribution >= 0.6 is 0 Å². The van der Waals surface area contributed by atoms with Crippen molar-refractivity contribution in [2.45, 2.75) is 58.1 Å². The first-order valence-corrected chi connectivity index (χ1v) is 7.24. The Kier molecular flexibility index (Phi) is 5.06. The van der Waals surface area contributed by atoms with Gasteiger partial charge in [-0.2, -0.15) is 0 Å². The second-order valence-electron chi connectivity index (χ2n) is 5.35. The monoisotopic (exact) mass is 247 g/mol. The Morgan fingerprint density at radius 2 is 2.11 bits per heavy atom. The van der Waals surface area contributed by atoms with Crippen LogP contribution in [0.15, 0.2) is 24.3 Å². The number of benzene rings is 1. The summed E-state index contributed by atoms with van der Waals surface area (Å²) in [4.78, 5) is 0. The van der Waals surface area contributed by atoms with Gasteiger partial charge in [0.25, 0.3) is 0 Å². The van der Waals surface area contributed by atoms with E-state index in [4.69, 9.17) is 4.74 Å². The van der Waals surface area contributed by atoms with Gasteiger partial charge in [-0.15, -0.1) is 0 Å². The van der Waals surface area contributed by atoms with E-state index < -0.39 is 0 Å². The van der Waals surface area contributed by atoms with Crippen molar-refractivity contribution in [3.63, 3.8) is 0 Å². The van der Waals surface area contributed by atoms with E-state index in [0.717, 1.165) is 24.8 Å². The van der Waals surface area contributed by atoms with Gasteiger partial charge >= 0.3 is 0 Å². The van der Waals surface area contributed by atoms with Crippen LogP contribution in [0.1, 0.15) is 44.6 Å². The average molecular weight is 247 g/mol.